The normalized spacial score (nSPS) is 12.9. The van der Waals surface area contributed by atoms with Crippen LogP contribution in [0.3, 0.4) is 0 Å². The molecule has 2 rings (SSSR count). The van der Waals surface area contributed by atoms with Crippen molar-refractivity contribution in [1.82, 2.24) is 9.97 Å². The first-order valence-corrected chi connectivity index (χ1v) is 5.80. The summed E-state index contributed by atoms with van der Waals surface area (Å²) in [6.07, 6.45) is 0. The Bertz CT molecular complexity index is 512. The van der Waals surface area contributed by atoms with Crippen LogP contribution in [0.4, 0.5) is 0 Å². The largest absolute Gasteiger partial charge is 0.441 e. The van der Waals surface area contributed by atoms with E-state index in [9.17, 15) is 0 Å². The van der Waals surface area contributed by atoms with Gasteiger partial charge in [0.25, 0.3) is 0 Å². The zero-order valence-corrected chi connectivity index (χ0v) is 10.9. The number of imidazole rings is 1. The topological polar surface area (TPSA) is 41.8 Å². The molecule has 88 valence electrons. The van der Waals surface area contributed by atoms with Gasteiger partial charge < -0.3 is 9.40 Å². The maximum Gasteiger partial charge on any atom is 0.245 e. The third-order valence-electron chi connectivity index (χ3n) is 2.77. The molecule has 2 heterocycles. The average molecular weight is 220 g/mol. The van der Waals surface area contributed by atoms with E-state index in [1.54, 1.807) is 0 Å². The Morgan fingerprint density at radius 3 is 2.38 bits per heavy atom. The smallest absolute Gasteiger partial charge is 0.245 e. The molecule has 0 atom stereocenters. The van der Waals surface area contributed by atoms with Crippen LogP contribution in [0.25, 0.3) is 11.2 Å². The number of nitrogens with one attached hydrogen (secondary N) is 1. The Morgan fingerprint density at radius 2 is 1.88 bits per heavy atom. The summed E-state index contributed by atoms with van der Waals surface area (Å²) in [5.41, 5.74) is 3.14. The fourth-order valence-electron chi connectivity index (χ4n) is 2.14. The lowest BCUT2D eigenvalue weighted by Gasteiger charge is -2.19. The average Bonchev–Trinajstić information content (AvgIpc) is 2.56. The van der Waals surface area contributed by atoms with Crippen molar-refractivity contribution in [1.29, 1.82) is 0 Å². The van der Waals surface area contributed by atoms with Gasteiger partial charge in [-0.1, -0.05) is 34.6 Å². The highest BCUT2D eigenvalue weighted by Crippen LogP contribution is 2.37. The van der Waals surface area contributed by atoms with Crippen LogP contribution in [0.15, 0.2) is 4.42 Å². The first kappa shape index (κ1) is 11.2. The number of furan rings is 1. The van der Waals surface area contributed by atoms with Crippen molar-refractivity contribution in [3.63, 3.8) is 0 Å². The number of fused-ring (bicyclic) bond motifs is 1. The fraction of sp³-hybridized carbons (Fsp3) is 0.615. The number of aromatic nitrogens is 2. The van der Waals surface area contributed by atoms with Gasteiger partial charge in [0.05, 0.1) is 0 Å². The molecule has 0 fully saturated rings. The van der Waals surface area contributed by atoms with Gasteiger partial charge in [-0.3, -0.25) is 0 Å². The summed E-state index contributed by atoms with van der Waals surface area (Å²) in [6.45, 7) is 12.9. The van der Waals surface area contributed by atoms with Gasteiger partial charge in [-0.05, 0) is 12.3 Å². The molecule has 2 aromatic rings. The monoisotopic (exact) mass is 220 g/mol. The van der Waals surface area contributed by atoms with E-state index >= 15 is 0 Å². The molecule has 0 spiro atoms. The zero-order valence-electron chi connectivity index (χ0n) is 10.9. The molecule has 0 aliphatic heterocycles. The number of hydrogen-bond donors (Lipinski definition) is 1. The van der Waals surface area contributed by atoms with E-state index in [0.717, 1.165) is 22.8 Å². The molecule has 2 aromatic heterocycles. The van der Waals surface area contributed by atoms with Crippen molar-refractivity contribution >= 4 is 11.2 Å². The molecule has 0 saturated carbocycles. The number of nitrogens with zero attached hydrogens (tertiary/aromatic N) is 1. The minimum absolute atomic E-state index is 0.0732. The van der Waals surface area contributed by atoms with Crippen LogP contribution in [0.5, 0.6) is 0 Å². The number of rotatable bonds is 1. The Labute approximate surface area is 96.3 Å². The van der Waals surface area contributed by atoms with Crippen LogP contribution >= 0.6 is 0 Å². The van der Waals surface area contributed by atoms with Crippen molar-refractivity contribution in [3.8, 4) is 0 Å². The number of hydrogen-bond acceptors (Lipinski definition) is 2. The fourth-order valence-corrected chi connectivity index (χ4v) is 2.14. The van der Waals surface area contributed by atoms with E-state index in [1.807, 2.05) is 6.92 Å². The van der Waals surface area contributed by atoms with Gasteiger partial charge in [0.1, 0.15) is 17.1 Å². The van der Waals surface area contributed by atoms with Gasteiger partial charge in [0.2, 0.25) is 5.71 Å². The van der Waals surface area contributed by atoms with E-state index in [4.69, 9.17) is 4.42 Å². The van der Waals surface area contributed by atoms with Crippen LogP contribution in [-0.2, 0) is 5.41 Å². The van der Waals surface area contributed by atoms with Crippen LogP contribution in [0, 0.1) is 6.92 Å². The van der Waals surface area contributed by atoms with Crippen molar-refractivity contribution in [2.24, 2.45) is 0 Å². The number of aryl methyl sites for hydroxylation is 1. The number of H-pyrrole nitrogens is 1. The lowest BCUT2D eigenvalue weighted by molar-refractivity contribution is 0.481. The van der Waals surface area contributed by atoms with Crippen LogP contribution in [0.1, 0.15) is 57.7 Å². The van der Waals surface area contributed by atoms with Crippen molar-refractivity contribution < 1.29 is 4.42 Å². The second kappa shape index (κ2) is 3.37. The highest BCUT2D eigenvalue weighted by Gasteiger charge is 2.28. The molecule has 0 unspecified atom stereocenters. The zero-order chi connectivity index (χ0) is 12.1. The van der Waals surface area contributed by atoms with Gasteiger partial charge in [-0.25, -0.2) is 0 Å². The minimum Gasteiger partial charge on any atom is -0.441 e. The van der Waals surface area contributed by atoms with Gasteiger partial charge in [-0.2, -0.15) is 4.98 Å². The molecule has 0 bridgehead atoms. The molecule has 0 radical (unpaired) electrons. The van der Waals surface area contributed by atoms with Gasteiger partial charge >= 0.3 is 0 Å². The van der Waals surface area contributed by atoms with Crippen LogP contribution < -0.4 is 0 Å². The summed E-state index contributed by atoms with van der Waals surface area (Å²) < 4.78 is 5.87. The molecule has 16 heavy (non-hydrogen) atoms. The van der Waals surface area contributed by atoms with E-state index in [2.05, 4.69) is 44.6 Å². The number of aromatic amines is 1. The van der Waals surface area contributed by atoms with Crippen molar-refractivity contribution in [2.45, 2.75) is 52.9 Å². The molecule has 3 heteroatoms. The van der Waals surface area contributed by atoms with E-state index in [0.29, 0.717) is 5.92 Å². The molecule has 0 aromatic carbocycles. The highest BCUT2D eigenvalue weighted by molar-refractivity contribution is 5.77. The Kier molecular flexibility index (Phi) is 2.37. The molecular formula is C13H20N2O. The van der Waals surface area contributed by atoms with Crippen molar-refractivity contribution in [3.05, 3.63) is 17.1 Å². The predicted octanol–water partition coefficient (Wildman–Crippen LogP) is 3.89. The Balaban J connectivity index is 2.77. The highest BCUT2D eigenvalue weighted by atomic mass is 16.3. The third-order valence-corrected chi connectivity index (χ3v) is 2.77. The van der Waals surface area contributed by atoms with E-state index in [-0.39, 0.29) is 5.41 Å². The second-order valence-electron chi connectivity index (χ2n) is 5.75. The Hall–Kier alpha value is -1.25. The molecule has 0 aliphatic rings. The van der Waals surface area contributed by atoms with Crippen molar-refractivity contribution in [2.75, 3.05) is 0 Å². The Morgan fingerprint density at radius 1 is 1.25 bits per heavy atom. The third kappa shape index (κ3) is 1.64. The van der Waals surface area contributed by atoms with E-state index in [1.165, 1.54) is 5.56 Å². The first-order chi connectivity index (χ1) is 7.30. The minimum atomic E-state index is 0.0732. The van der Waals surface area contributed by atoms with Gasteiger partial charge in [0, 0.05) is 11.5 Å². The predicted molar refractivity (Wildman–Crippen MR) is 65.9 cm³/mol. The summed E-state index contributed by atoms with van der Waals surface area (Å²) >= 11 is 0. The van der Waals surface area contributed by atoms with E-state index < -0.39 is 0 Å². The summed E-state index contributed by atoms with van der Waals surface area (Å²) in [5.74, 6) is 2.35. The molecule has 0 aliphatic carbocycles. The molecule has 0 saturated heterocycles. The summed E-state index contributed by atoms with van der Waals surface area (Å²) in [7, 11) is 0. The van der Waals surface area contributed by atoms with Crippen LogP contribution in [0.2, 0.25) is 0 Å². The lowest BCUT2D eigenvalue weighted by Crippen LogP contribution is -2.13. The quantitative estimate of drug-likeness (QED) is 0.792. The van der Waals surface area contributed by atoms with Gasteiger partial charge in [-0.15, -0.1) is 0 Å². The SMILES string of the molecule is Cc1nc2oc(C(C)C)c(C(C)(C)C)c2[nH]1. The van der Waals surface area contributed by atoms with Crippen LogP contribution in [-0.4, -0.2) is 9.97 Å². The molecule has 3 nitrogen and oxygen atoms in total. The first-order valence-electron chi connectivity index (χ1n) is 5.80. The summed E-state index contributed by atoms with van der Waals surface area (Å²) in [6, 6.07) is 0. The van der Waals surface area contributed by atoms with Gasteiger partial charge in [0.15, 0.2) is 0 Å². The summed E-state index contributed by atoms with van der Waals surface area (Å²) in [4.78, 5) is 7.67. The lowest BCUT2D eigenvalue weighted by atomic mass is 9.84. The maximum absolute atomic E-state index is 5.87. The second-order valence-corrected chi connectivity index (χ2v) is 5.75. The standard InChI is InChI=1S/C13H20N2O/c1-7(2)11-9(13(4,5)6)10-12(16-11)15-8(3)14-10/h7H,1-6H3,(H,14,15). The molecule has 1 N–H and O–H groups in total. The maximum atomic E-state index is 5.87. The molecular weight excluding hydrogens is 200 g/mol. The molecule has 0 amide bonds. The summed E-state index contributed by atoms with van der Waals surface area (Å²) in [5, 5.41) is 0.